The van der Waals surface area contributed by atoms with Gasteiger partial charge in [-0.3, -0.25) is 4.79 Å². The van der Waals surface area contributed by atoms with Gasteiger partial charge in [0.25, 0.3) is 5.91 Å². The molecule has 0 bridgehead atoms. The van der Waals surface area contributed by atoms with E-state index in [0.29, 0.717) is 31.5 Å². The van der Waals surface area contributed by atoms with E-state index in [4.69, 9.17) is 5.11 Å². The molecule has 1 heterocycles. The topological polar surface area (TPSA) is 104 Å². The van der Waals surface area contributed by atoms with E-state index in [1.165, 1.54) is 34.8 Å². The molecule has 0 spiro atoms. The molecule has 22 heavy (non-hydrogen) atoms. The van der Waals surface area contributed by atoms with Crippen molar-refractivity contribution in [1.82, 2.24) is 9.62 Å². The lowest BCUT2D eigenvalue weighted by atomic mass is 10.1. The van der Waals surface area contributed by atoms with Crippen LogP contribution in [0.1, 0.15) is 33.6 Å². The third-order valence-corrected chi connectivity index (χ3v) is 4.96. The Morgan fingerprint density at radius 2 is 1.64 bits per heavy atom. The molecule has 1 fully saturated rings. The minimum atomic E-state index is -3.18. The van der Waals surface area contributed by atoms with Gasteiger partial charge < -0.3 is 10.4 Å². The van der Waals surface area contributed by atoms with Gasteiger partial charge in [-0.1, -0.05) is 0 Å². The van der Waals surface area contributed by atoms with Crippen molar-refractivity contribution in [3.63, 3.8) is 0 Å². The normalized spacial score (nSPS) is 17.1. The van der Waals surface area contributed by atoms with Crippen molar-refractivity contribution >= 4 is 21.9 Å². The summed E-state index contributed by atoms with van der Waals surface area (Å²) in [4.78, 5) is 22.8. The zero-order chi connectivity index (χ0) is 16.3. The fourth-order valence-electron chi connectivity index (χ4n) is 2.36. The molecule has 1 amide bonds. The Labute approximate surface area is 129 Å². The number of rotatable bonds is 4. The predicted molar refractivity (Wildman–Crippen MR) is 80.3 cm³/mol. The van der Waals surface area contributed by atoms with Crippen LogP contribution in [-0.2, 0) is 10.0 Å². The van der Waals surface area contributed by atoms with Crippen LogP contribution in [-0.4, -0.2) is 55.1 Å². The maximum Gasteiger partial charge on any atom is 0.335 e. The molecule has 1 aliphatic rings. The molecule has 2 rings (SSSR count). The van der Waals surface area contributed by atoms with E-state index in [1.807, 2.05) is 0 Å². The lowest BCUT2D eigenvalue weighted by Crippen LogP contribution is -2.46. The van der Waals surface area contributed by atoms with Gasteiger partial charge in [0.15, 0.2) is 0 Å². The molecule has 120 valence electrons. The zero-order valence-corrected chi connectivity index (χ0v) is 13.0. The second kappa shape index (κ2) is 6.45. The molecule has 1 aliphatic heterocycles. The van der Waals surface area contributed by atoms with Crippen LogP contribution in [0.5, 0.6) is 0 Å². The lowest BCUT2D eigenvalue weighted by molar-refractivity contribution is 0.0696. The Morgan fingerprint density at radius 3 is 2.09 bits per heavy atom. The number of carbonyl (C=O) groups excluding carboxylic acids is 1. The molecule has 0 unspecified atom stereocenters. The average Bonchev–Trinajstić information content (AvgIpc) is 2.47. The first-order valence-electron chi connectivity index (χ1n) is 6.87. The Kier molecular flexibility index (Phi) is 4.82. The van der Waals surface area contributed by atoms with Gasteiger partial charge in [-0.05, 0) is 37.1 Å². The highest BCUT2D eigenvalue weighted by Crippen LogP contribution is 2.14. The molecule has 2 N–H and O–H groups in total. The summed E-state index contributed by atoms with van der Waals surface area (Å²) in [6, 6.07) is 5.60. The van der Waals surface area contributed by atoms with Gasteiger partial charge >= 0.3 is 5.97 Å². The summed E-state index contributed by atoms with van der Waals surface area (Å²) in [5.41, 5.74) is 0.508. The summed E-state index contributed by atoms with van der Waals surface area (Å²) in [6.07, 6.45) is 2.30. The number of hydrogen-bond donors (Lipinski definition) is 2. The summed E-state index contributed by atoms with van der Waals surface area (Å²) in [7, 11) is -3.18. The quantitative estimate of drug-likeness (QED) is 0.840. The summed E-state index contributed by atoms with van der Waals surface area (Å²) in [5.74, 6) is -1.32. The van der Waals surface area contributed by atoms with Crippen molar-refractivity contribution in [2.24, 2.45) is 0 Å². The first-order valence-corrected chi connectivity index (χ1v) is 8.71. The standard InChI is InChI=1S/C14H18N2O5S/c1-22(20,21)16-8-6-12(7-9-16)15-13(17)10-2-4-11(5-3-10)14(18)19/h2-5,12H,6-9H2,1H3,(H,15,17)(H,18,19). The van der Waals surface area contributed by atoms with E-state index in [1.54, 1.807) is 0 Å². The number of carboxylic acid groups (broad SMARTS) is 1. The highest BCUT2D eigenvalue weighted by Gasteiger charge is 2.25. The number of aromatic carboxylic acids is 1. The minimum Gasteiger partial charge on any atom is -0.478 e. The van der Waals surface area contributed by atoms with Crippen LogP contribution >= 0.6 is 0 Å². The molecule has 0 aliphatic carbocycles. The average molecular weight is 326 g/mol. The van der Waals surface area contributed by atoms with E-state index in [-0.39, 0.29) is 17.5 Å². The summed E-state index contributed by atoms with van der Waals surface area (Å²) < 4.78 is 24.2. The van der Waals surface area contributed by atoms with Crippen molar-refractivity contribution in [2.45, 2.75) is 18.9 Å². The predicted octanol–water partition coefficient (Wildman–Crippen LogP) is 0.539. The number of sulfonamides is 1. The molecular formula is C14H18N2O5S. The van der Waals surface area contributed by atoms with E-state index < -0.39 is 16.0 Å². The van der Waals surface area contributed by atoms with Gasteiger partial charge in [0, 0.05) is 24.7 Å². The van der Waals surface area contributed by atoms with Gasteiger partial charge in [0.05, 0.1) is 11.8 Å². The summed E-state index contributed by atoms with van der Waals surface area (Å²) in [5, 5.41) is 11.7. The maximum absolute atomic E-state index is 12.1. The maximum atomic E-state index is 12.1. The Balaban J connectivity index is 1.92. The highest BCUT2D eigenvalue weighted by atomic mass is 32.2. The smallest absolute Gasteiger partial charge is 0.335 e. The molecular weight excluding hydrogens is 308 g/mol. The molecule has 1 aromatic rings. The summed E-state index contributed by atoms with van der Waals surface area (Å²) >= 11 is 0. The molecule has 7 nitrogen and oxygen atoms in total. The zero-order valence-electron chi connectivity index (χ0n) is 12.2. The van der Waals surface area contributed by atoms with E-state index in [9.17, 15) is 18.0 Å². The van der Waals surface area contributed by atoms with Crippen LogP contribution in [0.15, 0.2) is 24.3 Å². The Bertz CT molecular complexity index is 661. The van der Waals surface area contributed by atoms with Crippen molar-refractivity contribution in [1.29, 1.82) is 0 Å². The van der Waals surface area contributed by atoms with Crippen LogP contribution in [0.2, 0.25) is 0 Å². The van der Waals surface area contributed by atoms with Crippen molar-refractivity contribution < 1.29 is 23.1 Å². The minimum absolute atomic E-state index is 0.0790. The number of carboxylic acids is 1. The van der Waals surface area contributed by atoms with Crippen LogP contribution in [0.4, 0.5) is 0 Å². The Hall–Kier alpha value is -1.93. The van der Waals surface area contributed by atoms with Crippen LogP contribution in [0.3, 0.4) is 0 Å². The van der Waals surface area contributed by atoms with Crippen LogP contribution < -0.4 is 5.32 Å². The van der Waals surface area contributed by atoms with Crippen molar-refractivity contribution in [3.05, 3.63) is 35.4 Å². The highest BCUT2D eigenvalue weighted by molar-refractivity contribution is 7.88. The second-order valence-electron chi connectivity index (χ2n) is 5.29. The monoisotopic (exact) mass is 326 g/mol. The number of hydrogen-bond acceptors (Lipinski definition) is 4. The van der Waals surface area contributed by atoms with Gasteiger partial charge in [-0.2, -0.15) is 0 Å². The van der Waals surface area contributed by atoms with E-state index in [0.717, 1.165) is 0 Å². The van der Waals surface area contributed by atoms with Crippen molar-refractivity contribution in [3.8, 4) is 0 Å². The fraction of sp³-hybridized carbons (Fsp3) is 0.429. The fourth-order valence-corrected chi connectivity index (χ4v) is 3.24. The number of nitrogens with zero attached hydrogens (tertiary/aromatic N) is 1. The summed E-state index contributed by atoms with van der Waals surface area (Å²) in [6.45, 7) is 0.781. The molecule has 0 aromatic heterocycles. The van der Waals surface area contributed by atoms with Gasteiger partial charge in [-0.15, -0.1) is 0 Å². The number of amides is 1. The molecule has 1 aromatic carbocycles. The Morgan fingerprint density at radius 1 is 1.14 bits per heavy atom. The third kappa shape index (κ3) is 4.05. The van der Waals surface area contributed by atoms with Crippen LogP contribution in [0, 0.1) is 0 Å². The van der Waals surface area contributed by atoms with Gasteiger partial charge in [0.2, 0.25) is 10.0 Å². The largest absolute Gasteiger partial charge is 0.478 e. The van der Waals surface area contributed by atoms with Crippen molar-refractivity contribution in [2.75, 3.05) is 19.3 Å². The number of piperidine rings is 1. The SMILES string of the molecule is CS(=O)(=O)N1CCC(NC(=O)c2ccc(C(=O)O)cc2)CC1. The van der Waals surface area contributed by atoms with E-state index >= 15 is 0 Å². The molecule has 0 radical (unpaired) electrons. The molecule has 0 saturated carbocycles. The van der Waals surface area contributed by atoms with Crippen LogP contribution in [0.25, 0.3) is 0 Å². The van der Waals surface area contributed by atoms with Gasteiger partial charge in [-0.25, -0.2) is 17.5 Å². The molecule has 0 atom stereocenters. The number of nitrogens with one attached hydrogen (secondary N) is 1. The third-order valence-electron chi connectivity index (χ3n) is 3.65. The van der Waals surface area contributed by atoms with E-state index in [2.05, 4.69) is 5.32 Å². The number of carbonyl (C=O) groups is 2. The first kappa shape index (κ1) is 16.4. The first-order chi connectivity index (χ1) is 10.3. The number of benzene rings is 1. The lowest BCUT2D eigenvalue weighted by Gasteiger charge is -2.30. The molecule has 8 heteroatoms. The molecule has 1 saturated heterocycles. The van der Waals surface area contributed by atoms with Gasteiger partial charge in [0.1, 0.15) is 0 Å². The second-order valence-corrected chi connectivity index (χ2v) is 7.27.